The third-order valence-corrected chi connectivity index (χ3v) is 2.49. The van der Waals surface area contributed by atoms with Gasteiger partial charge in [0, 0.05) is 24.4 Å². The molecule has 0 aromatic heterocycles. The Kier molecular flexibility index (Phi) is 9.77. The van der Waals surface area contributed by atoms with Gasteiger partial charge >= 0.3 is 0 Å². The van der Waals surface area contributed by atoms with Gasteiger partial charge in [0.25, 0.3) is 0 Å². The smallest absolute Gasteiger partial charge is 0.126 e. The first-order valence-corrected chi connectivity index (χ1v) is 7.19. The number of amidine groups is 1. The molecule has 0 rings (SSSR count). The largest absolute Gasteiger partial charge is 0.366 e. The zero-order chi connectivity index (χ0) is 14.7. The van der Waals surface area contributed by atoms with Crippen molar-refractivity contribution in [2.45, 2.75) is 47.5 Å². The Morgan fingerprint density at radius 3 is 2.47 bits per heavy atom. The molecule has 1 N–H and O–H groups in total. The lowest BCUT2D eigenvalue weighted by Crippen LogP contribution is -2.15. The quantitative estimate of drug-likeness (QED) is 0.517. The van der Waals surface area contributed by atoms with Gasteiger partial charge in [-0.15, -0.1) is 0 Å². The minimum Gasteiger partial charge on any atom is -0.366 e. The van der Waals surface area contributed by atoms with Crippen LogP contribution in [0.15, 0.2) is 34.5 Å². The molecule has 108 valence electrons. The standard InChI is InChI=1S/C16H29N3/c1-7-10-19-16(17-8-2)14(5)12-15(6)18-11-9-13(3)4/h9-11,13-14,18H,6-8,12H2,1-5H3/b11-9-,17-16-,19-10-. The normalized spacial score (nSPS) is 14.5. The lowest BCUT2D eigenvalue weighted by Gasteiger charge is -2.13. The van der Waals surface area contributed by atoms with Crippen LogP contribution in [0.2, 0.25) is 0 Å². The first-order valence-electron chi connectivity index (χ1n) is 7.19. The molecule has 1 unspecified atom stereocenters. The van der Waals surface area contributed by atoms with Crippen molar-refractivity contribution in [2.75, 3.05) is 6.54 Å². The van der Waals surface area contributed by atoms with Crippen molar-refractivity contribution in [3.8, 4) is 0 Å². The lowest BCUT2D eigenvalue weighted by atomic mass is 10.0. The second kappa shape index (κ2) is 10.5. The van der Waals surface area contributed by atoms with E-state index in [9.17, 15) is 0 Å². The fourth-order valence-electron chi connectivity index (χ4n) is 1.55. The van der Waals surface area contributed by atoms with Crippen molar-refractivity contribution in [2.24, 2.45) is 21.8 Å². The maximum Gasteiger partial charge on any atom is 0.126 e. The van der Waals surface area contributed by atoms with Crippen molar-refractivity contribution in [3.63, 3.8) is 0 Å². The van der Waals surface area contributed by atoms with Gasteiger partial charge in [0.1, 0.15) is 5.84 Å². The van der Waals surface area contributed by atoms with E-state index in [1.54, 1.807) is 0 Å². The summed E-state index contributed by atoms with van der Waals surface area (Å²) in [6, 6.07) is 0. The first-order chi connectivity index (χ1) is 9.01. The fourth-order valence-corrected chi connectivity index (χ4v) is 1.55. The molecule has 3 heteroatoms. The van der Waals surface area contributed by atoms with Crippen molar-refractivity contribution in [1.29, 1.82) is 0 Å². The second-order valence-corrected chi connectivity index (χ2v) is 5.01. The number of nitrogens with zero attached hydrogens (tertiary/aromatic N) is 2. The molecule has 0 spiro atoms. The molecule has 0 amide bonds. The number of nitrogens with one attached hydrogen (secondary N) is 1. The minimum atomic E-state index is 0.287. The third-order valence-electron chi connectivity index (χ3n) is 2.49. The molecule has 0 aromatic rings. The Morgan fingerprint density at radius 1 is 1.26 bits per heavy atom. The van der Waals surface area contributed by atoms with Crippen LogP contribution < -0.4 is 5.32 Å². The number of allylic oxidation sites excluding steroid dienone is 2. The summed E-state index contributed by atoms with van der Waals surface area (Å²) >= 11 is 0. The van der Waals surface area contributed by atoms with E-state index in [0.717, 1.165) is 30.9 Å². The molecule has 3 nitrogen and oxygen atoms in total. The van der Waals surface area contributed by atoms with E-state index in [0.29, 0.717) is 5.92 Å². The van der Waals surface area contributed by atoms with E-state index in [4.69, 9.17) is 0 Å². The van der Waals surface area contributed by atoms with Crippen LogP contribution in [-0.4, -0.2) is 18.6 Å². The highest BCUT2D eigenvalue weighted by molar-refractivity contribution is 5.91. The topological polar surface area (TPSA) is 36.8 Å². The molecule has 0 aliphatic carbocycles. The van der Waals surface area contributed by atoms with E-state index in [2.05, 4.69) is 55.7 Å². The maximum absolute atomic E-state index is 4.45. The molecule has 0 heterocycles. The van der Waals surface area contributed by atoms with Gasteiger partial charge in [0.15, 0.2) is 0 Å². The van der Waals surface area contributed by atoms with Gasteiger partial charge in [-0.05, 0) is 31.9 Å². The Labute approximate surface area is 118 Å². The number of aliphatic imine (C=N–C) groups is 2. The van der Waals surface area contributed by atoms with Gasteiger partial charge in [-0.1, -0.05) is 40.3 Å². The average molecular weight is 263 g/mol. The summed E-state index contributed by atoms with van der Waals surface area (Å²) in [6.07, 6.45) is 7.78. The van der Waals surface area contributed by atoms with Gasteiger partial charge in [0.05, 0.1) is 0 Å². The van der Waals surface area contributed by atoms with Crippen molar-refractivity contribution < 1.29 is 0 Å². The summed E-state index contributed by atoms with van der Waals surface area (Å²) < 4.78 is 0. The zero-order valence-corrected chi connectivity index (χ0v) is 13.1. The maximum atomic E-state index is 4.45. The van der Waals surface area contributed by atoms with Gasteiger partial charge in [-0.3, -0.25) is 4.99 Å². The van der Waals surface area contributed by atoms with Gasteiger partial charge in [-0.25, -0.2) is 4.99 Å². The Balaban J connectivity index is 4.39. The zero-order valence-electron chi connectivity index (χ0n) is 13.1. The highest BCUT2D eigenvalue weighted by Gasteiger charge is 2.10. The molecule has 0 saturated heterocycles. The Hall–Kier alpha value is -1.38. The predicted molar refractivity (Wildman–Crippen MR) is 86.8 cm³/mol. The van der Waals surface area contributed by atoms with Crippen molar-refractivity contribution >= 4 is 12.1 Å². The monoisotopic (exact) mass is 263 g/mol. The summed E-state index contributed by atoms with van der Waals surface area (Å²) in [4.78, 5) is 8.89. The van der Waals surface area contributed by atoms with Crippen LogP contribution in [0.3, 0.4) is 0 Å². The first kappa shape index (κ1) is 17.6. The van der Waals surface area contributed by atoms with Crippen LogP contribution in [0.5, 0.6) is 0 Å². The molecule has 0 aliphatic heterocycles. The number of hydrogen-bond acceptors (Lipinski definition) is 2. The number of hydrogen-bond donors (Lipinski definition) is 1. The Bertz CT molecular complexity index is 338. The molecule has 19 heavy (non-hydrogen) atoms. The van der Waals surface area contributed by atoms with Crippen LogP contribution in [0, 0.1) is 11.8 Å². The van der Waals surface area contributed by atoms with E-state index in [1.807, 2.05) is 19.3 Å². The van der Waals surface area contributed by atoms with Gasteiger partial charge < -0.3 is 5.32 Å². The molecule has 0 aliphatic rings. The molecule has 0 saturated carbocycles. The van der Waals surface area contributed by atoms with Crippen LogP contribution in [0.4, 0.5) is 0 Å². The molecule has 0 bridgehead atoms. The summed E-state index contributed by atoms with van der Waals surface area (Å²) in [5, 5.41) is 3.22. The number of rotatable bonds is 8. The van der Waals surface area contributed by atoms with Gasteiger partial charge in [0.2, 0.25) is 0 Å². The summed E-state index contributed by atoms with van der Waals surface area (Å²) in [6.45, 7) is 15.4. The van der Waals surface area contributed by atoms with Crippen LogP contribution in [0.25, 0.3) is 0 Å². The summed E-state index contributed by atoms with van der Waals surface area (Å²) in [5.41, 5.74) is 1.000. The van der Waals surface area contributed by atoms with E-state index in [-0.39, 0.29) is 5.92 Å². The summed E-state index contributed by atoms with van der Waals surface area (Å²) in [5.74, 6) is 1.75. The van der Waals surface area contributed by atoms with Crippen molar-refractivity contribution in [1.82, 2.24) is 5.32 Å². The molecular weight excluding hydrogens is 234 g/mol. The highest BCUT2D eigenvalue weighted by Crippen LogP contribution is 2.11. The van der Waals surface area contributed by atoms with Crippen LogP contribution >= 0.6 is 0 Å². The van der Waals surface area contributed by atoms with E-state index in [1.165, 1.54) is 0 Å². The fraction of sp³-hybridized carbons (Fsp3) is 0.625. The second-order valence-electron chi connectivity index (χ2n) is 5.01. The SMILES string of the molecule is C=C(CC(C)C(/N=C\CC)=N/CC)N/C=C\C(C)C. The highest BCUT2D eigenvalue weighted by atomic mass is 14.9. The molecule has 0 fully saturated rings. The third kappa shape index (κ3) is 9.23. The van der Waals surface area contributed by atoms with E-state index < -0.39 is 0 Å². The predicted octanol–water partition coefficient (Wildman–Crippen LogP) is 4.18. The molecular formula is C16H29N3. The van der Waals surface area contributed by atoms with Crippen LogP contribution in [-0.2, 0) is 0 Å². The summed E-state index contributed by atoms with van der Waals surface area (Å²) in [7, 11) is 0. The molecule has 0 aromatic carbocycles. The van der Waals surface area contributed by atoms with Crippen LogP contribution in [0.1, 0.15) is 47.5 Å². The van der Waals surface area contributed by atoms with Gasteiger partial charge in [-0.2, -0.15) is 0 Å². The average Bonchev–Trinajstić information content (AvgIpc) is 2.33. The minimum absolute atomic E-state index is 0.287. The van der Waals surface area contributed by atoms with Crippen molar-refractivity contribution in [3.05, 3.63) is 24.6 Å². The van der Waals surface area contributed by atoms with E-state index >= 15 is 0 Å². The molecule has 0 radical (unpaired) electrons. The molecule has 1 atom stereocenters. The Morgan fingerprint density at radius 2 is 1.95 bits per heavy atom. The lowest BCUT2D eigenvalue weighted by molar-refractivity contribution is 0.715.